The smallest absolute Gasteiger partial charge is 0.191 e. The number of aliphatic hydroxyl groups is 1. The lowest BCUT2D eigenvalue weighted by Crippen LogP contribution is -2.49. The molecule has 2 aliphatic rings. The summed E-state index contributed by atoms with van der Waals surface area (Å²) in [6.45, 7) is 6.53. The average Bonchev–Trinajstić information content (AvgIpc) is 3.10. The van der Waals surface area contributed by atoms with Gasteiger partial charge in [-0.15, -0.1) is 0 Å². The van der Waals surface area contributed by atoms with Gasteiger partial charge in [-0.25, -0.2) is 0 Å². The van der Waals surface area contributed by atoms with Crippen molar-refractivity contribution in [3.8, 4) is 0 Å². The zero-order valence-corrected chi connectivity index (χ0v) is 17.1. The van der Waals surface area contributed by atoms with Gasteiger partial charge in [-0.2, -0.15) is 0 Å². The molecule has 3 rings (SSSR count). The lowest BCUT2D eigenvalue weighted by Gasteiger charge is -2.33. The lowest BCUT2D eigenvalue weighted by molar-refractivity contribution is 0.0573. The molecule has 1 aromatic rings. The molecule has 6 heteroatoms. The maximum absolute atomic E-state index is 10.5. The van der Waals surface area contributed by atoms with Gasteiger partial charge in [0, 0.05) is 37.2 Å². The Bertz CT molecular complexity index is 605. The van der Waals surface area contributed by atoms with Crippen LogP contribution in [0.2, 0.25) is 5.02 Å². The summed E-state index contributed by atoms with van der Waals surface area (Å²) in [5.41, 5.74) is 0.718. The highest BCUT2D eigenvalue weighted by Crippen LogP contribution is 2.29. The van der Waals surface area contributed by atoms with E-state index in [2.05, 4.69) is 39.6 Å². The van der Waals surface area contributed by atoms with Crippen LogP contribution in [0.5, 0.6) is 0 Å². The third kappa shape index (κ3) is 6.37. The number of hydrogen-bond acceptors (Lipinski definition) is 3. The standard InChI is InChI=1S/C21H33ClN4O/c1-2-23-20(24-16-21(27)11-3-4-12-21)25-19-9-13-26(14-10-19)15-17-5-7-18(22)8-6-17/h5-8,19,27H,2-4,9-16H2,1H3,(H2,23,24,25). The zero-order chi connectivity index (χ0) is 19.1. The van der Waals surface area contributed by atoms with Crippen LogP contribution in [0.3, 0.4) is 0 Å². The highest BCUT2D eigenvalue weighted by Gasteiger charge is 2.31. The van der Waals surface area contributed by atoms with Gasteiger partial charge in [-0.3, -0.25) is 9.89 Å². The first-order valence-electron chi connectivity index (χ1n) is 10.3. The summed E-state index contributed by atoms with van der Waals surface area (Å²) in [5.74, 6) is 0.842. The van der Waals surface area contributed by atoms with E-state index >= 15 is 0 Å². The van der Waals surface area contributed by atoms with Crippen LogP contribution in [0.1, 0.15) is 51.0 Å². The van der Waals surface area contributed by atoms with Gasteiger partial charge in [0.1, 0.15) is 0 Å². The van der Waals surface area contributed by atoms with Gasteiger partial charge in [0.2, 0.25) is 0 Å². The second-order valence-electron chi connectivity index (χ2n) is 7.95. The summed E-state index contributed by atoms with van der Waals surface area (Å²) in [4.78, 5) is 7.17. The van der Waals surface area contributed by atoms with E-state index in [0.717, 1.165) is 75.7 Å². The summed E-state index contributed by atoms with van der Waals surface area (Å²) in [5, 5.41) is 18.2. The van der Waals surface area contributed by atoms with Crippen LogP contribution >= 0.6 is 11.6 Å². The van der Waals surface area contributed by atoms with E-state index in [4.69, 9.17) is 11.6 Å². The Kier molecular flexibility index (Phi) is 7.39. The predicted molar refractivity (Wildman–Crippen MR) is 112 cm³/mol. The van der Waals surface area contributed by atoms with Crippen LogP contribution < -0.4 is 10.6 Å². The number of nitrogens with one attached hydrogen (secondary N) is 2. The Balaban J connectivity index is 1.46. The highest BCUT2D eigenvalue weighted by molar-refractivity contribution is 6.30. The number of likely N-dealkylation sites (tertiary alicyclic amines) is 1. The lowest BCUT2D eigenvalue weighted by atomic mass is 10.0. The minimum atomic E-state index is -0.593. The van der Waals surface area contributed by atoms with Crippen LogP contribution in [0, 0.1) is 0 Å². The molecule has 0 spiro atoms. The van der Waals surface area contributed by atoms with Gasteiger partial charge in [0.05, 0.1) is 12.1 Å². The number of nitrogens with zero attached hydrogens (tertiary/aromatic N) is 2. The van der Waals surface area contributed by atoms with Crippen molar-refractivity contribution in [2.75, 3.05) is 26.2 Å². The van der Waals surface area contributed by atoms with Crippen molar-refractivity contribution in [3.05, 3.63) is 34.9 Å². The normalized spacial score (nSPS) is 21.4. The molecular formula is C21H33ClN4O. The molecule has 1 aliphatic carbocycles. The molecule has 0 unspecified atom stereocenters. The van der Waals surface area contributed by atoms with Gasteiger partial charge >= 0.3 is 0 Å². The molecular weight excluding hydrogens is 360 g/mol. The molecule has 0 amide bonds. The van der Waals surface area contributed by atoms with Crippen LogP contribution in [0.4, 0.5) is 0 Å². The Labute approximate surface area is 168 Å². The first-order chi connectivity index (χ1) is 13.1. The molecule has 27 heavy (non-hydrogen) atoms. The molecule has 0 radical (unpaired) electrons. The number of piperidine rings is 1. The third-order valence-corrected chi connectivity index (χ3v) is 5.91. The first kappa shape index (κ1) is 20.4. The van der Waals surface area contributed by atoms with Crippen LogP contribution in [-0.2, 0) is 6.54 Å². The minimum Gasteiger partial charge on any atom is -0.388 e. The number of guanidine groups is 1. The molecule has 1 saturated heterocycles. The van der Waals surface area contributed by atoms with Gasteiger partial charge in [-0.05, 0) is 50.3 Å². The fourth-order valence-corrected chi connectivity index (χ4v) is 4.14. The highest BCUT2D eigenvalue weighted by atomic mass is 35.5. The van der Waals surface area contributed by atoms with Crippen LogP contribution in [0.25, 0.3) is 0 Å². The summed E-state index contributed by atoms with van der Waals surface area (Å²) in [6.07, 6.45) is 6.17. The summed E-state index contributed by atoms with van der Waals surface area (Å²) >= 11 is 5.97. The third-order valence-electron chi connectivity index (χ3n) is 5.66. The zero-order valence-electron chi connectivity index (χ0n) is 16.4. The first-order valence-corrected chi connectivity index (χ1v) is 10.7. The van der Waals surface area contributed by atoms with E-state index in [9.17, 15) is 5.11 Å². The van der Waals surface area contributed by atoms with Crippen molar-refractivity contribution >= 4 is 17.6 Å². The van der Waals surface area contributed by atoms with Crippen molar-refractivity contribution in [2.24, 2.45) is 4.99 Å². The average molecular weight is 393 g/mol. The van der Waals surface area contributed by atoms with Gasteiger partial charge in [0.25, 0.3) is 0 Å². The molecule has 1 saturated carbocycles. The van der Waals surface area contributed by atoms with Gasteiger partial charge in [-0.1, -0.05) is 36.6 Å². The van der Waals surface area contributed by atoms with Gasteiger partial charge in [0.15, 0.2) is 5.96 Å². The molecule has 1 aliphatic heterocycles. The van der Waals surface area contributed by atoms with Crippen molar-refractivity contribution in [2.45, 2.75) is 63.6 Å². The van der Waals surface area contributed by atoms with Crippen molar-refractivity contribution < 1.29 is 5.11 Å². The van der Waals surface area contributed by atoms with E-state index < -0.39 is 5.60 Å². The Morgan fingerprint density at radius 3 is 2.52 bits per heavy atom. The Hall–Kier alpha value is -1.30. The Morgan fingerprint density at radius 2 is 1.89 bits per heavy atom. The number of aliphatic imine (C=N–C) groups is 1. The molecule has 5 nitrogen and oxygen atoms in total. The molecule has 1 aromatic carbocycles. The number of rotatable bonds is 6. The van der Waals surface area contributed by atoms with Gasteiger partial charge < -0.3 is 15.7 Å². The predicted octanol–water partition coefficient (Wildman–Crippen LogP) is 3.16. The topological polar surface area (TPSA) is 59.9 Å². The molecule has 0 aromatic heterocycles. The molecule has 2 fully saturated rings. The second kappa shape index (κ2) is 9.76. The molecule has 1 heterocycles. The summed E-state index contributed by atoms with van der Waals surface area (Å²) < 4.78 is 0. The molecule has 150 valence electrons. The quantitative estimate of drug-likeness (QED) is 0.514. The van der Waals surface area contributed by atoms with Crippen molar-refractivity contribution in [1.82, 2.24) is 15.5 Å². The number of hydrogen-bond donors (Lipinski definition) is 3. The van der Waals surface area contributed by atoms with E-state index in [1.165, 1.54) is 5.56 Å². The second-order valence-corrected chi connectivity index (χ2v) is 8.38. The SMILES string of the molecule is CCNC(=NCC1(O)CCCC1)NC1CCN(Cc2ccc(Cl)cc2)CC1. The molecule has 3 N–H and O–H groups in total. The van der Waals surface area contributed by atoms with E-state index in [-0.39, 0.29) is 0 Å². The monoisotopic (exact) mass is 392 g/mol. The maximum atomic E-state index is 10.5. The van der Waals surface area contributed by atoms with E-state index in [1.54, 1.807) is 0 Å². The molecule has 0 bridgehead atoms. The van der Waals surface area contributed by atoms with Crippen molar-refractivity contribution in [1.29, 1.82) is 0 Å². The minimum absolute atomic E-state index is 0.433. The summed E-state index contributed by atoms with van der Waals surface area (Å²) in [7, 11) is 0. The molecule has 0 atom stereocenters. The fraction of sp³-hybridized carbons (Fsp3) is 0.667. The fourth-order valence-electron chi connectivity index (χ4n) is 4.01. The number of halogens is 1. The van der Waals surface area contributed by atoms with Crippen molar-refractivity contribution in [3.63, 3.8) is 0 Å². The Morgan fingerprint density at radius 1 is 1.22 bits per heavy atom. The van der Waals surface area contributed by atoms with E-state index in [1.807, 2.05) is 12.1 Å². The largest absolute Gasteiger partial charge is 0.388 e. The van der Waals surface area contributed by atoms with Crippen LogP contribution in [0.15, 0.2) is 29.3 Å². The van der Waals surface area contributed by atoms with Crippen LogP contribution in [-0.4, -0.2) is 53.8 Å². The maximum Gasteiger partial charge on any atom is 0.191 e. The number of benzene rings is 1. The van der Waals surface area contributed by atoms with E-state index in [0.29, 0.717) is 12.6 Å². The summed E-state index contributed by atoms with van der Waals surface area (Å²) in [6, 6.07) is 8.57.